The zero-order chi connectivity index (χ0) is 16.9. The molecule has 2 atom stereocenters. The molecule has 6 heteroatoms. The fourth-order valence-electron chi connectivity index (χ4n) is 2.23. The van der Waals surface area contributed by atoms with E-state index in [0.29, 0.717) is 11.3 Å². The minimum atomic E-state index is -3.15. The molecule has 0 amide bonds. The molecule has 2 aromatic rings. The average molecular weight is 335 g/mol. The molecule has 5 nitrogen and oxygen atoms in total. The molecule has 0 saturated carbocycles. The molecule has 0 radical (unpaired) electrons. The summed E-state index contributed by atoms with van der Waals surface area (Å²) < 4.78 is 34.0. The molecule has 0 heterocycles. The second-order valence-corrected chi connectivity index (χ2v) is 7.55. The van der Waals surface area contributed by atoms with E-state index in [1.165, 1.54) is 6.26 Å². The number of hydrogen-bond acceptors (Lipinski definition) is 5. The number of nitrogens with two attached hydrogens (primary N) is 1. The van der Waals surface area contributed by atoms with Crippen molar-refractivity contribution in [1.29, 1.82) is 0 Å². The number of ether oxygens (including phenoxy) is 2. The zero-order valence-electron chi connectivity index (χ0n) is 13.2. The van der Waals surface area contributed by atoms with Gasteiger partial charge in [-0.25, -0.2) is 8.42 Å². The lowest BCUT2D eigenvalue weighted by molar-refractivity contribution is -0.0562. The summed E-state index contributed by atoms with van der Waals surface area (Å²) in [5.74, 6) is 0.463. The third-order valence-corrected chi connectivity index (χ3v) is 4.26. The fourth-order valence-corrected chi connectivity index (χ4v) is 3.07. The molecular formula is C17H21NO4S. The predicted octanol–water partition coefficient (Wildman–Crippen LogP) is 2.46. The Kier molecular flexibility index (Phi) is 5.76. The summed E-state index contributed by atoms with van der Waals surface area (Å²) in [5, 5.41) is 0. The molecule has 0 aromatic heterocycles. The van der Waals surface area contributed by atoms with Crippen molar-refractivity contribution in [3.8, 4) is 5.75 Å². The monoisotopic (exact) mass is 335 g/mol. The molecule has 0 bridgehead atoms. The Morgan fingerprint density at radius 3 is 2.30 bits per heavy atom. The summed E-state index contributed by atoms with van der Waals surface area (Å²) in [6.07, 6.45) is 0.626. The highest BCUT2D eigenvalue weighted by Gasteiger charge is 2.16. The zero-order valence-corrected chi connectivity index (χ0v) is 14.0. The number of benzene rings is 2. The summed E-state index contributed by atoms with van der Waals surface area (Å²) in [6, 6.07) is 16.0. The molecule has 2 rings (SSSR count). The van der Waals surface area contributed by atoms with Crippen molar-refractivity contribution in [2.75, 3.05) is 19.1 Å². The lowest BCUT2D eigenvalue weighted by atomic mass is 10.1. The summed E-state index contributed by atoms with van der Waals surface area (Å²) >= 11 is 0. The Morgan fingerprint density at radius 1 is 1.04 bits per heavy atom. The first-order chi connectivity index (χ1) is 10.9. The molecule has 0 aliphatic carbocycles. The molecule has 0 aliphatic heterocycles. The first kappa shape index (κ1) is 17.5. The van der Waals surface area contributed by atoms with E-state index in [9.17, 15) is 8.42 Å². The molecule has 124 valence electrons. The standard InChI is InChI=1S/C17H21NO4S/c1-21-17(13-7-4-3-5-8-13)22-15-10-6-9-14(11-15)16(18)12-23(2,19)20/h3-11,16-17H,12,18H2,1-2H3. The summed E-state index contributed by atoms with van der Waals surface area (Å²) in [6.45, 7) is 0. The minimum absolute atomic E-state index is 0.108. The Hall–Kier alpha value is -1.89. The maximum absolute atomic E-state index is 11.4. The molecule has 2 unspecified atom stereocenters. The van der Waals surface area contributed by atoms with E-state index in [1.54, 1.807) is 31.4 Å². The Balaban J connectivity index is 2.16. The van der Waals surface area contributed by atoms with Gasteiger partial charge in [-0.3, -0.25) is 0 Å². The molecule has 2 N–H and O–H groups in total. The van der Waals surface area contributed by atoms with Crippen LogP contribution in [0.2, 0.25) is 0 Å². The van der Waals surface area contributed by atoms with E-state index < -0.39 is 22.2 Å². The van der Waals surface area contributed by atoms with Crippen LogP contribution in [0, 0.1) is 0 Å². The lowest BCUT2D eigenvalue weighted by Crippen LogP contribution is -2.21. The van der Waals surface area contributed by atoms with Crippen molar-refractivity contribution >= 4 is 9.84 Å². The summed E-state index contributed by atoms with van der Waals surface area (Å²) in [4.78, 5) is 0. The predicted molar refractivity (Wildman–Crippen MR) is 89.9 cm³/mol. The van der Waals surface area contributed by atoms with E-state index in [2.05, 4.69) is 0 Å². The number of hydrogen-bond donors (Lipinski definition) is 1. The topological polar surface area (TPSA) is 78.6 Å². The van der Waals surface area contributed by atoms with E-state index >= 15 is 0 Å². The molecule has 0 spiro atoms. The highest BCUT2D eigenvalue weighted by atomic mass is 32.2. The average Bonchev–Trinajstić information content (AvgIpc) is 2.52. The van der Waals surface area contributed by atoms with Crippen molar-refractivity contribution in [2.24, 2.45) is 5.73 Å². The third kappa shape index (κ3) is 5.35. The van der Waals surface area contributed by atoms with E-state index in [1.807, 2.05) is 30.3 Å². The van der Waals surface area contributed by atoms with Gasteiger partial charge in [-0.1, -0.05) is 42.5 Å². The SMILES string of the molecule is COC(Oc1cccc(C(N)CS(C)(=O)=O)c1)c1ccccc1. The van der Waals surface area contributed by atoms with E-state index in [4.69, 9.17) is 15.2 Å². The van der Waals surface area contributed by atoms with Crippen molar-refractivity contribution in [3.63, 3.8) is 0 Å². The Morgan fingerprint density at radius 2 is 1.70 bits per heavy atom. The normalized spacial score (nSPS) is 14.2. The molecule has 2 aromatic carbocycles. The van der Waals surface area contributed by atoms with Crippen LogP contribution in [0.4, 0.5) is 0 Å². The minimum Gasteiger partial charge on any atom is -0.461 e. The second-order valence-electron chi connectivity index (χ2n) is 5.37. The quantitative estimate of drug-likeness (QED) is 0.786. The number of methoxy groups -OCH3 is 1. The lowest BCUT2D eigenvalue weighted by Gasteiger charge is -2.19. The van der Waals surface area contributed by atoms with Crippen LogP contribution in [0.3, 0.4) is 0 Å². The van der Waals surface area contributed by atoms with E-state index in [0.717, 1.165) is 5.56 Å². The van der Waals surface area contributed by atoms with E-state index in [-0.39, 0.29) is 5.75 Å². The van der Waals surface area contributed by atoms with Crippen LogP contribution >= 0.6 is 0 Å². The van der Waals surface area contributed by atoms with Gasteiger partial charge in [0.1, 0.15) is 15.6 Å². The second kappa shape index (κ2) is 7.59. The maximum atomic E-state index is 11.4. The first-order valence-corrected chi connectivity index (χ1v) is 9.23. The molecule has 23 heavy (non-hydrogen) atoms. The Labute approximate surface area is 137 Å². The van der Waals surface area contributed by atoms with Crippen LogP contribution in [0.5, 0.6) is 5.75 Å². The number of sulfone groups is 1. The van der Waals surface area contributed by atoms with Crippen molar-refractivity contribution in [3.05, 3.63) is 65.7 Å². The fraction of sp³-hybridized carbons (Fsp3) is 0.294. The summed E-state index contributed by atoms with van der Waals surface area (Å²) in [5.41, 5.74) is 7.55. The molecule has 0 fully saturated rings. The van der Waals surface area contributed by atoms with Crippen LogP contribution in [0.1, 0.15) is 23.5 Å². The van der Waals surface area contributed by atoms with Crippen LogP contribution < -0.4 is 10.5 Å². The maximum Gasteiger partial charge on any atom is 0.226 e. The van der Waals surface area contributed by atoms with Gasteiger partial charge in [0.15, 0.2) is 0 Å². The van der Waals surface area contributed by atoms with Gasteiger partial charge < -0.3 is 15.2 Å². The number of rotatable bonds is 7. The van der Waals surface area contributed by atoms with Gasteiger partial charge in [-0.05, 0) is 17.7 Å². The highest BCUT2D eigenvalue weighted by molar-refractivity contribution is 7.90. The van der Waals surface area contributed by atoms with Gasteiger partial charge >= 0.3 is 0 Å². The molecular weight excluding hydrogens is 314 g/mol. The van der Waals surface area contributed by atoms with Gasteiger partial charge in [0.2, 0.25) is 6.29 Å². The van der Waals surface area contributed by atoms with Crippen LogP contribution in [0.15, 0.2) is 54.6 Å². The van der Waals surface area contributed by atoms with Crippen molar-refractivity contribution < 1.29 is 17.9 Å². The van der Waals surface area contributed by atoms with Crippen molar-refractivity contribution in [1.82, 2.24) is 0 Å². The smallest absolute Gasteiger partial charge is 0.226 e. The molecule has 0 saturated heterocycles. The first-order valence-electron chi connectivity index (χ1n) is 7.17. The largest absolute Gasteiger partial charge is 0.461 e. The van der Waals surface area contributed by atoms with Gasteiger partial charge in [0, 0.05) is 25.0 Å². The third-order valence-electron chi connectivity index (χ3n) is 3.30. The van der Waals surface area contributed by atoms with Gasteiger partial charge in [-0.2, -0.15) is 0 Å². The van der Waals surface area contributed by atoms with Crippen molar-refractivity contribution in [2.45, 2.75) is 12.3 Å². The van der Waals surface area contributed by atoms with Crippen LogP contribution in [0.25, 0.3) is 0 Å². The van der Waals surface area contributed by atoms with Gasteiger partial charge in [0.25, 0.3) is 0 Å². The van der Waals surface area contributed by atoms with Crippen LogP contribution in [-0.2, 0) is 14.6 Å². The molecule has 0 aliphatic rings. The highest BCUT2D eigenvalue weighted by Crippen LogP contribution is 2.25. The Bertz CT molecular complexity index is 731. The van der Waals surface area contributed by atoms with Crippen LogP contribution in [-0.4, -0.2) is 27.5 Å². The summed E-state index contributed by atoms with van der Waals surface area (Å²) in [7, 11) is -1.58. The van der Waals surface area contributed by atoms with Gasteiger partial charge in [0.05, 0.1) is 5.75 Å². The van der Waals surface area contributed by atoms with Gasteiger partial charge in [-0.15, -0.1) is 0 Å².